The van der Waals surface area contributed by atoms with Crippen LogP contribution >= 0.6 is 0 Å². The molecule has 0 bridgehead atoms. The molecule has 19 heavy (non-hydrogen) atoms. The summed E-state index contributed by atoms with van der Waals surface area (Å²) in [6.07, 6.45) is 4.33. The molecule has 0 spiro atoms. The second-order valence-corrected chi connectivity index (χ2v) is 6.05. The fourth-order valence-corrected chi connectivity index (χ4v) is 2.30. The first-order chi connectivity index (χ1) is 9.01. The van der Waals surface area contributed by atoms with E-state index in [-0.39, 0.29) is 0 Å². The van der Waals surface area contributed by atoms with Crippen LogP contribution in [-0.2, 0) is 6.54 Å². The molecule has 0 aliphatic heterocycles. The molecule has 1 heterocycles. The van der Waals surface area contributed by atoms with Crippen LogP contribution in [0.25, 0.3) is 0 Å². The van der Waals surface area contributed by atoms with E-state index in [1.54, 1.807) is 7.11 Å². The lowest BCUT2D eigenvalue weighted by atomic mass is 9.95. The number of methoxy groups -OCH3 is 1. The minimum Gasteiger partial charge on any atom is -0.481 e. The van der Waals surface area contributed by atoms with E-state index in [2.05, 4.69) is 44.1 Å². The number of hydrogen-bond donors (Lipinski definition) is 1. The van der Waals surface area contributed by atoms with E-state index in [9.17, 15) is 0 Å². The molecule has 0 radical (unpaired) electrons. The molecule has 0 saturated heterocycles. The molecule has 0 fully saturated rings. The maximum Gasteiger partial charge on any atom is 0.212 e. The number of rotatable bonds is 8. The fraction of sp³-hybridized carbons (Fsp3) is 0.688. The Balaban J connectivity index is 2.49. The molecule has 0 aliphatic rings. The van der Waals surface area contributed by atoms with Crippen molar-refractivity contribution in [3.8, 4) is 5.88 Å². The summed E-state index contributed by atoms with van der Waals surface area (Å²) < 4.78 is 5.07. The van der Waals surface area contributed by atoms with Gasteiger partial charge in [-0.15, -0.1) is 0 Å². The third kappa shape index (κ3) is 6.58. The lowest BCUT2D eigenvalue weighted by Crippen LogP contribution is -2.31. The molecule has 1 aromatic heterocycles. The second kappa shape index (κ2) is 8.16. The Kier molecular flexibility index (Phi) is 6.85. The van der Waals surface area contributed by atoms with Crippen LogP contribution < -0.4 is 10.1 Å². The first kappa shape index (κ1) is 16.0. The number of nitrogens with one attached hydrogen (secondary N) is 1. The van der Waals surface area contributed by atoms with Crippen LogP contribution in [0.15, 0.2) is 18.3 Å². The smallest absolute Gasteiger partial charge is 0.212 e. The van der Waals surface area contributed by atoms with Gasteiger partial charge in [-0.3, -0.25) is 0 Å². The van der Waals surface area contributed by atoms with Gasteiger partial charge in [-0.2, -0.15) is 0 Å². The van der Waals surface area contributed by atoms with Crippen molar-refractivity contribution < 1.29 is 4.74 Å². The minimum absolute atomic E-state index is 0.585. The molecule has 108 valence electrons. The summed E-state index contributed by atoms with van der Waals surface area (Å²) in [5.41, 5.74) is 1.21. The van der Waals surface area contributed by atoms with Crippen LogP contribution in [0.4, 0.5) is 0 Å². The Morgan fingerprint density at radius 3 is 2.16 bits per heavy atom. The average Bonchev–Trinajstić information content (AvgIpc) is 2.35. The molecule has 0 aliphatic carbocycles. The molecule has 1 rings (SSSR count). The van der Waals surface area contributed by atoms with E-state index in [0.717, 1.165) is 18.4 Å². The zero-order valence-corrected chi connectivity index (χ0v) is 12.9. The van der Waals surface area contributed by atoms with Crippen LogP contribution in [0.1, 0.15) is 46.1 Å². The summed E-state index contributed by atoms with van der Waals surface area (Å²) in [6.45, 7) is 10.0. The molecule has 0 unspecified atom stereocenters. The Hall–Kier alpha value is -1.09. The van der Waals surface area contributed by atoms with Gasteiger partial charge < -0.3 is 10.1 Å². The van der Waals surface area contributed by atoms with Gasteiger partial charge in [0.1, 0.15) is 0 Å². The van der Waals surface area contributed by atoms with Gasteiger partial charge in [-0.1, -0.05) is 33.8 Å². The molecule has 1 N–H and O–H groups in total. The summed E-state index contributed by atoms with van der Waals surface area (Å²) in [7, 11) is 1.64. The maximum absolute atomic E-state index is 5.07. The zero-order chi connectivity index (χ0) is 14.3. The first-order valence-corrected chi connectivity index (χ1v) is 7.23. The topological polar surface area (TPSA) is 34.1 Å². The van der Waals surface area contributed by atoms with Gasteiger partial charge >= 0.3 is 0 Å². The van der Waals surface area contributed by atoms with E-state index in [1.165, 1.54) is 18.4 Å². The first-order valence-electron chi connectivity index (χ1n) is 7.23. The number of aromatic nitrogens is 1. The predicted molar refractivity (Wildman–Crippen MR) is 80.3 cm³/mol. The van der Waals surface area contributed by atoms with Gasteiger partial charge in [0.05, 0.1) is 7.11 Å². The van der Waals surface area contributed by atoms with Crippen LogP contribution in [-0.4, -0.2) is 18.1 Å². The van der Waals surface area contributed by atoms with Crippen molar-refractivity contribution in [3.05, 3.63) is 23.9 Å². The van der Waals surface area contributed by atoms with Crippen molar-refractivity contribution in [3.63, 3.8) is 0 Å². The van der Waals surface area contributed by atoms with Crippen molar-refractivity contribution in [1.82, 2.24) is 10.3 Å². The van der Waals surface area contributed by atoms with Gasteiger partial charge in [0.2, 0.25) is 5.88 Å². The molecule has 3 nitrogen and oxygen atoms in total. The number of pyridine rings is 1. The number of ether oxygens (including phenoxy) is 1. The quantitative estimate of drug-likeness (QED) is 0.778. The molecule has 0 saturated carbocycles. The highest BCUT2D eigenvalue weighted by Gasteiger charge is 2.12. The van der Waals surface area contributed by atoms with Crippen molar-refractivity contribution in [2.24, 2.45) is 11.8 Å². The maximum atomic E-state index is 5.07. The van der Waals surface area contributed by atoms with Crippen molar-refractivity contribution in [2.75, 3.05) is 7.11 Å². The molecule has 0 atom stereocenters. The molecule has 1 aromatic rings. The summed E-state index contributed by atoms with van der Waals surface area (Å²) >= 11 is 0. The van der Waals surface area contributed by atoms with E-state index in [1.807, 2.05) is 12.3 Å². The van der Waals surface area contributed by atoms with Gasteiger partial charge in [0, 0.05) is 24.8 Å². The molecule has 0 amide bonds. The monoisotopic (exact) mass is 264 g/mol. The number of hydrogen-bond acceptors (Lipinski definition) is 3. The second-order valence-electron chi connectivity index (χ2n) is 6.05. The minimum atomic E-state index is 0.585. The Morgan fingerprint density at radius 1 is 1.11 bits per heavy atom. The van der Waals surface area contributed by atoms with Gasteiger partial charge in [0.25, 0.3) is 0 Å². The third-order valence-corrected chi connectivity index (χ3v) is 3.11. The molecular formula is C16H28N2O. The van der Waals surface area contributed by atoms with Crippen LogP contribution in [0.2, 0.25) is 0 Å². The Bertz CT molecular complexity index is 336. The highest BCUT2D eigenvalue weighted by molar-refractivity contribution is 5.17. The average molecular weight is 264 g/mol. The van der Waals surface area contributed by atoms with Crippen LogP contribution in [0, 0.1) is 11.8 Å². The number of nitrogens with zero attached hydrogens (tertiary/aromatic N) is 1. The SMILES string of the molecule is COc1ccc(CNC(CC(C)C)CC(C)C)cn1. The van der Waals surface area contributed by atoms with Gasteiger partial charge in [-0.25, -0.2) is 4.98 Å². The highest BCUT2D eigenvalue weighted by atomic mass is 16.5. The summed E-state index contributed by atoms with van der Waals surface area (Å²) in [5.74, 6) is 2.13. The van der Waals surface area contributed by atoms with Crippen molar-refractivity contribution >= 4 is 0 Å². The van der Waals surface area contributed by atoms with Crippen LogP contribution in [0.3, 0.4) is 0 Å². The molecule has 3 heteroatoms. The highest BCUT2D eigenvalue weighted by Crippen LogP contribution is 2.14. The Morgan fingerprint density at radius 2 is 1.74 bits per heavy atom. The van der Waals surface area contributed by atoms with Crippen molar-refractivity contribution in [2.45, 2.75) is 53.1 Å². The molecular weight excluding hydrogens is 236 g/mol. The lowest BCUT2D eigenvalue weighted by Gasteiger charge is -2.22. The summed E-state index contributed by atoms with van der Waals surface area (Å²) in [6, 6.07) is 4.57. The normalized spacial score (nSPS) is 11.6. The van der Waals surface area contributed by atoms with Crippen molar-refractivity contribution in [1.29, 1.82) is 0 Å². The lowest BCUT2D eigenvalue weighted by molar-refractivity contribution is 0.358. The fourth-order valence-electron chi connectivity index (χ4n) is 2.30. The van der Waals surface area contributed by atoms with E-state index in [4.69, 9.17) is 4.74 Å². The largest absolute Gasteiger partial charge is 0.481 e. The Labute approximate surface area is 117 Å². The summed E-state index contributed by atoms with van der Waals surface area (Å²) in [4.78, 5) is 4.23. The van der Waals surface area contributed by atoms with Crippen LogP contribution in [0.5, 0.6) is 5.88 Å². The van der Waals surface area contributed by atoms with E-state index in [0.29, 0.717) is 11.9 Å². The predicted octanol–water partition coefficient (Wildman–Crippen LogP) is 3.64. The standard InChI is InChI=1S/C16H28N2O/c1-12(2)8-15(9-13(3)4)17-10-14-6-7-16(19-5)18-11-14/h6-7,11-13,15,17H,8-10H2,1-5H3. The third-order valence-electron chi connectivity index (χ3n) is 3.11. The van der Waals surface area contributed by atoms with Gasteiger partial charge in [0.15, 0.2) is 0 Å². The zero-order valence-electron chi connectivity index (χ0n) is 12.9. The molecule has 0 aromatic carbocycles. The van der Waals surface area contributed by atoms with E-state index < -0.39 is 0 Å². The van der Waals surface area contributed by atoms with E-state index >= 15 is 0 Å². The summed E-state index contributed by atoms with van der Waals surface area (Å²) in [5, 5.41) is 3.66. The van der Waals surface area contributed by atoms with Gasteiger partial charge in [-0.05, 0) is 30.2 Å².